The number of hydrogen-bond donors (Lipinski definition) is 2. The summed E-state index contributed by atoms with van der Waals surface area (Å²) in [7, 11) is -3.88. The number of likely N-dealkylation sites (tertiary alicyclic amines) is 1. The van der Waals surface area contributed by atoms with Gasteiger partial charge in [0.2, 0.25) is 15.9 Å². The average Bonchev–Trinajstić information content (AvgIpc) is 3.13. The van der Waals surface area contributed by atoms with Crippen molar-refractivity contribution in [2.75, 3.05) is 31.9 Å². The number of sulfonamides is 1. The third-order valence-electron chi connectivity index (χ3n) is 5.29. The molecule has 0 aromatic carbocycles. The fourth-order valence-corrected chi connectivity index (χ4v) is 6.37. The van der Waals surface area contributed by atoms with Gasteiger partial charge in [0.15, 0.2) is 0 Å². The molecule has 0 aliphatic carbocycles. The van der Waals surface area contributed by atoms with Gasteiger partial charge in [-0.15, -0.1) is 11.8 Å². The molecular formula is C19H33ClN4O4S2. The molecule has 1 saturated heterocycles. The monoisotopic (exact) mass is 480 g/mol. The average molecular weight is 481 g/mol. The van der Waals surface area contributed by atoms with Crippen LogP contribution in [0.1, 0.15) is 46.5 Å². The van der Waals surface area contributed by atoms with Gasteiger partial charge in [0, 0.05) is 32.2 Å². The number of halogens is 1. The zero-order valence-electron chi connectivity index (χ0n) is 17.9. The third kappa shape index (κ3) is 7.03. The van der Waals surface area contributed by atoms with Crippen LogP contribution in [-0.4, -0.2) is 78.8 Å². The summed E-state index contributed by atoms with van der Waals surface area (Å²) in [5, 5.41) is 5.04. The summed E-state index contributed by atoms with van der Waals surface area (Å²) in [5.41, 5.74) is 0. The molecule has 0 radical (unpaired) electrons. The van der Waals surface area contributed by atoms with Crippen molar-refractivity contribution in [1.29, 1.82) is 0 Å². The zero-order valence-corrected chi connectivity index (χ0v) is 20.3. The maximum Gasteiger partial charge on any atom is 0.331 e. The number of carbonyl (C=O) groups is 2. The quantitative estimate of drug-likeness (QED) is 0.525. The maximum absolute atomic E-state index is 13.1. The molecule has 172 valence electrons. The van der Waals surface area contributed by atoms with E-state index < -0.39 is 16.1 Å². The topological polar surface area (TPSA) is 98.8 Å². The Balaban J connectivity index is 1.99. The number of nitrogens with one attached hydrogen (secondary N) is 2. The number of carbonyl (C=O) groups excluding carboxylic acids is 2. The van der Waals surface area contributed by atoms with Gasteiger partial charge in [0.1, 0.15) is 0 Å². The molecule has 1 fully saturated rings. The Morgan fingerprint density at radius 1 is 1.27 bits per heavy atom. The number of piperidine rings is 1. The van der Waals surface area contributed by atoms with Crippen LogP contribution in [0.4, 0.5) is 4.79 Å². The van der Waals surface area contributed by atoms with Crippen molar-refractivity contribution >= 4 is 45.3 Å². The van der Waals surface area contributed by atoms with Crippen LogP contribution in [0.5, 0.6) is 0 Å². The number of allylic oxidation sites excluding steroid dienone is 1. The molecule has 1 atom stereocenters. The first-order valence-electron chi connectivity index (χ1n) is 10.5. The van der Waals surface area contributed by atoms with E-state index in [4.69, 9.17) is 11.6 Å². The smallest absolute Gasteiger partial charge is 0.331 e. The first-order chi connectivity index (χ1) is 14.2. The van der Waals surface area contributed by atoms with Crippen molar-refractivity contribution in [3.63, 3.8) is 0 Å². The predicted molar refractivity (Wildman–Crippen MR) is 122 cm³/mol. The summed E-state index contributed by atoms with van der Waals surface area (Å²) in [6, 6.07) is -0.559. The summed E-state index contributed by atoms with van der Waals surface area (Å²) in [5.74, 6) is -0.560. The first-order valence-corrected chi connectivity index (χ1v) is 13.4. The van der Waals surface area contributed by atoms with Crippen LogP contribution in [0, 0.1) is 0 Å². The molecule has 2 aliphatic rings. The largest absolute Gasteiger partial charge is 0.354 e. The fourth-order valence-electron chi connectivity index (χ4n) is 3.57. The lowest BCUT2D eigenvalue weighted by molar-refractivity contribution is -0.120. The van der Waals surface area contributed by atoms with Crippen molar-refractivity contribution < 1.29 is 18.0 Å². The molecule has 1 unspecified atom stereocenters. The highest BCUT2D eigenvalue weighted by Crippen LogP contribution is 2.34. The number of hydrogen-bond acceptors (Lipinski definition) is 6. The van der Waals surface area contributed by atoms with Gasteiger partial charge in [-0.25, -0.2) is 17.5 Å². The normalized spacial score (nSPS) is 20.8. The molecular weight excluding hydrogens is 448 g/mol. The van der Waals surface area contributed by atoms with E-state index in [0.29, 0.717) is 36.2 Å². The van der Waals surface area contributed by atoms with E-state index in [1.54, 1.807) is 6.08 Å². The molecule has 2 heterocycles. The Kier molecular flexibility index (Phi) is 9.77. The Hall–Kier alpha value is -0.970. The van der Waals surface area contributed by atoms with Crippen LogP contribution in [0.15, 0.2) is 10.4 Å². The van der Waals surface area contributed by atoms with E-state index in [0.717, 1.165) is 23.8 Å². The Morgan fingerprint density at radius 2 is 1.93 bits per heavy atom. The molecule has 0 aromatic heterocycles. The van der Waals surface area contributed by atoms with Gasteiger partial charge in [-0.2, -0.15) is 0 Å². The predicted octanol–water partition coefficient (Wildman–Crippen LogP) is 2.31. The molecule has 2 N–H and O–H groups in total. The van der Waals surface area contributed by atoms with Crippen LogP contribution < -0.4 is 10.6 Å². The van der Waals surface area contributed by atoms with Crippen molar-refractivity contribution in [2.24, 2.45) is 0 Å². The number of amides is 3. The molecule has 8 nitrogen and oxygen atoms in total. The van der Waals surface area contributed by atoms with E-state index in [2.05, 4.69) is 29.4 Å². The van der Waals surface area contributed by atoms with E-state index in [1.807, 2.05) is 6.92 Å². The molecule has 0 aromatic rings. The fraction of sp³-hybridized carbons (Fsp3) is 0.789. The van der Waals surface area contributed by atoms with Gasteiger partial charge in [0.25, 0.3) is 0 Å². The van der Waals surface area contributed by atoms with Gasteiger partial charge in [-0.1, -0.05) is 24.6 Å². The van der Waals surface area contributed by atoms with E-state index in [1.165, 1.54) is 11.8 Å². The second-order valence-electron chi connectivity index (χ2n) is 7.85. The van der Waals surface area contributed by atoms with Crippen molar-refractivity contribution in [1.82, 2.24) is 19.8 Å². The van der Waals surface area contributed by atoms with Crippen molar-refractivity contribution in [2.45, 2.75) is 63.8 Å². The zero-order chi connectivity index (χ0) is 22.3. The molecule has 2 aliphatic heterocycles. The summed E-state index contributed by atoms with van der Waals surface area (Å²) in [6.07, 6.45) is 4.23. The molecule has 11 heteroatoms. The van der Waals surface area contributed by atoms with Gasteiger partial charge >= 0.3 is 6.03 Å². The minimum atomic E-state index is -3.88. The highest BCUT2D eigenvalue weighted by atomic mass is 35.5. The molecule has 3 amide bonds. The van der Waals surface area contributed by atoms with Gasteiger partial charge in [-0.05, 0) is 39.5 Å². The van der Waals surface area contributed by atoms with Crippen LogP contribution in [-0.2, 0) is 14.8 Å². The lowest BCUT2D eigenvalue weighted by Gasteiger charge is -2.39. The van der Waals surface area contributed by atoms with Crippen molar-refractivity contribution in [3.05, 3.63) is 10.4 Å². The molecule has 0 bridgehead atoms. The summed E-state index contributed by atoms with van der Waals surface area (Å²) in [4.78, 5) is 27.2. The number of thioether (sulfide) groups is 1. The lowest BCUT2D eigenvalue weighted by Crippen LogP contribution is -2.55. The van der Waals surface area contributed by atoms with Gasteiger partial charge < -0.3 is 15.5 Å². The number of urea groups is 1. The minimum Gasteiger partial charge on any atom is -0.354 e. The Bertz CT molecular complexity index is 737. The summed E-state index contributed by atoms with van der Waals surface area (Å²) in [6.45, 7) is 8.00. The second kappa shape index (κ2) is 11.6. The maximum atomic E-state index is 13.1. The van der Waals surface area contributed by atoms with Gasteiger partial charge in [0.05, 0.1) is 21.4 Å². The highest BCUT2D eigenvalue weighted by molar-refractivity contribution is 8.06. The lowest BCUT2D eigenvalue weighted by atomic mass is 10.0. The SMILES string of the molecule is CCCNC(=O)N(C1CCN(C(C)C)CC1)S(=O)(=O)CCNC(=O)C1CC=C(Cl)S1. The highest BCUT2D eigenvalue weighted by Gasteiger charge is 2.36. The standard InChI is InChI=1S/C19H33ClN4O4S2/c1-4-9-22-19(26)24(15-7-11-23(12-8-15)14(2)3)30(27,28)13-10-21-18(25)16-5-6-17(20)29-16/h6,14-16H,4-5,7-13H2,1-3H3,(H,21,25)(H,22,26). The van der Waals surface area contributed by atoms with Gasteiger partial charge in [-0.3, -0.25) is 4.79 Å². The first kappa shape index (κ1) is 25.3. The number of nitrogens with zero attached hydrogens (tertiary/aromatic N) is 2. The van der Waals surface area contributed by atoms with E-state index in [-0.39, 0.29) is 29.5 Å². The summed E-state index contributed by atoms with van der Waals surface area (Å²) >= 11 is 7.15. The Labute approximate surface area is 189 Å². The molecule has 2 rings (SSSR count). The molecule has 0 saturated carbocycles. The van der Waals surface area contributed by atoms with Crippen LogP contribution in [0.2, 0.25) is 0 Å². The minimum absolute atomic E-state index is 0.0434. The van der Waals surface area contributed by atoms with E-state index >= 15 is 0 Å². The van der Waals surface area contributed by atoms with Crippen LogP contribution in [0.25, 0.3) is 0 Å². The second-order valence-corrected chi connectivity index (χ2v) is 11.7. The van der Waals surface area contributed by atoms with E-state index in [9.17, 15) is 18.0 Å². The summed E-state index contributed by atoms with van der Waals surface area (Å²) < 4.78 is 27.7. The van der Waals surface area contributed by atoms with Crippen molar-refractivity contribution in [3.8, 4) is 0 Å². The molecule has 30 heavy (non-hydrogen) atoms. The van der Waals surface area contributed by atoms with Crippen LogP contribution >= 0.6 is 23.4 Å². The molecule has 0 spiro atoms. The Morgan fingerprint density at radius 3 is 2.47 bits per heavy atom. The third-order valence-corrected chi connectivity index (χ3v) is 8.57. The number of rotatable bonds is 9. The van der Waals surface area contributed by atoms with Crippen LogP contribution in [0.3, 0.4) is 0 Å².